The summed E-state index contributed by atoms with van der Waals surface area (Å²) in [6.45, 7) is 1.51. The molecule has 3 aromatic rings. The highest BCUT2D eigenvalue weighted by molar-refractivity contribution is 7.92. The number of para-hydroxylation sites is 1. The van der Waals surface area contributed by atoms with Gasteiger partial charge in [-0.2, -0.15) is 23.5 Å². The Labute approximate surface area is 217 Å². The second kappa shape index (κ2) is 9.16. The monoisotopic (exact) mass is 543 g/mol. The molecule has 1 aliphatic heterocycles. The van der Waals surface area contributed by atoms with E-state index >= 15 is 0 Å². The van der Waals surface area contributed by atoms with E-state index in [9.17, 15) is 31.6 Å². The van der Waals surface area contributed by atoms with Crippen molar-refractivity contribution in [3.8, 4) is 11.8 Å². The molecule has 1 saturated carbocycles. The topological polar surface area (TPSA) is 108 Å². The van der Waals surface area contributed by atoms with Crippen molar-refractivity contribution in [2.45, 2.75) is 54.1 Å². The van der Waals surface area contributed by atoms with Gasteiger partial charge < -0.3 is 10.2 Å². The van der Waals surface area contributed by atoms with Gasteiger partial charge in [0.15, 0.2) is 9.84 Å². The lowest BCUT2D eigenvalue weighted by molar-refractivity contribution is -0.139. The van der Waals surface area contributed by atoms with Crippen molar-refractivity contribution in [1.82, 2.24) is 15.1 Å². The van der Waals surface area contributed by atoms with Crippen LogP contribution in [0.2, 0.25) is 0 Å². The fourth-order valence-corrected chi connectivity index (χ4v) is 6.72. The quantitative estimate of drug-likeness (QED) is 0.507. The maximum atomic E-state index is 13.7. The number of carbonyl (C=O) groups excluding carboxylic acids is 1. The fourth-order valence-electron chi connectivity index (χ4n) is 4.81. The molecule has 0 spiro atoms. The van der Waals surface area contributed by atoms with Crippen molar-refractivity contribution in [3.63, 3.8) is 0 Å². The number of anilines is 1. The van der Waals surface area contributed by atoms with Crippen LogP contribution in [-0.4, -0.2) is 47.5 Å². The molecule has 198 valence electrons. The van der Waals surface area contributed by atoms with Gasteiger partial charge in [0.25, 0.3) is 0 Å². The molecule has 1 N–H and O–H groups in total. The molecule has 1 saturated heterocycles. The summed E-state index contributed by atoms with van der Waals surface area (Å²) in [5.41, 5.74) is -0.976. The van der Waals surface area contributed by atoms with E-state index in [0.29, 0.717) is 30.0 Å². The van der Waals surface area contributed by atoms with Gasteiger partial charge in [-0.15, -0.1) is 0 Å². The Kier molecular flexibility index (Phi) is 6.22. The number of amides is 1. The number of aryl methyl sites for hydroxylation is 1. The van der Waals surface area contributed by atoms with E-state index in [4.69, 9.17) is 0 Å². The second-order valence-corrected chi connectivity index (χ2v) is 11.8. The van der Waals surface area contributed by atoms with Crippen molar-refractivity contribution in [2.24, 2.45) is 0 Å². The van der Waals surface area contributed by atoms with Crippen LogP contribution in [0.15, 0.2) is 65.6 Å². The van der Waals surface area contributed by atoms with E-state index in [-0.39, 0.29) is 13.0 Å². The minimum Gasteiger partial charge on any atom is -0.343 e. The Balaban J connectivity index is 1.57. The van der Waals surface area contributed by atoms with Crippen LogP contribution in [0, 0.1) is 18.3 Å². The number of alkyl halides is 3. The molecular formula is C26H24F3N5O3S. The van der Waals surface area contributed by atoms with Gasteiger partial charge in [0, 0.05) is 12.6 Å². The van der Waals surface area contributed by atoms with Gasteiger partial charge in [0.1, 0.15) is 17.4 Å². The van der Waals surface area contributed by atoms with Gasteiger partial charge in [0.2, 0.25) is 5.91 Å². The summed E-state index contributed by atoms with van der Waals surface area (Å²) in [5.74, 6) is -0.123. The van der Waals surface area contributed by atoms with Gasteiger partial charge in [-0.05, 0) is 50.5 Å². The molecule has 12 heteroatoms. The van der Waals surface area contributed by atoms with Crippen molar-refractivity contribution in [2.75, 3.05) is 11.4 Å². The lowest BCUT2D eigenvalue weighted by Crippen LogP contribution is -2.48. The first-order chi connectivity index (χ1) is 17.9. The first-order valence-corrected chi connectivity index (χ1v) is 13.5. The predicted molar refractivity (Wildman–Crippen MR) is 132 cm³/mol. The standard InChI is InChI=1S/C26H24F3N5O3S/c1-17-13-23(34(32-17)18-7-3-2-4-8-18)33-15-19(14-21(33)24(35)31-25(16-30)11-12-25)38(36,37)22-10-6-5-9-20(22)26(27,28)29/h2-10,13,19,21H,11-12,14-15H2,1H3,(H,31,35)/t19-,21+/m1/s1. The zero-order valence-electron chi connectivity index (χ0n) is 20.3. The fraction of sp³-hybridized carbons (Fsp3) is 0.346. The summed E-state index contributed by atoms with van der Waals surface area (Å²) in [6, 6.07) is 15.8. The largest absolute Gasteiger partial charge is 0.417 e. The number of hydrogen-bond donors (Lipinski definition) is 1. The van der Waals surface area contributed by atoms with Gasteiger partial charge in [0.05, 0.1) is 33.2 Å². The molecule has 2 atom stereocenters. The molecule has 2 fully saturated rings. The van der Waals surface area contributed by atoms with Crippen molar-refractivity contribution < 1.29 is 26.4 Å². The normalized spacial score (nSPS) is 20.7. The molecule has 1 aromatic heterocycles. The number of benzene rings is 2. The van der Waals surface area contributed by atoms with E-state index in [0.717, 1.165) is 18.2 Å². The number of sulfone groups is 1. The van der Waals surface area contributed by atoms with E-state index in [1.54, 1.807) is 46.8 Å². The summed E-state index contributed by atoms with van der Waals surface area (Å²) < 4.78 is 69.9. The lowest BCUT2D eigenvalue weighted by Gasteiger charge is -2.27. The van der Waals surface area contributed by atoms with E-state index in [1.807, 2.05) is 6.07 Å². The molecule has 38 heavy (non-hydrogen) atoms. The summed E-state index contributed by atoms with van der Waals surface area (Å²) in [4.78, 5) is 14.2. The summed E-state index contributed by atoms with van der Waals surface area (Å²) >= 11 is 0. The highest BCUT2D eigenvalue weighted by Crippen LogP contribution is 2.40. The molecule has 2 aliphatic rings. The average Bonchev–Trinajstić information content (AvgIpc) is 3.32. The molecule has 0 radical (unpaired) electrons. The third-order valence-electron chi connectivity index (χ3n) is 6.94. The van der Waals surface area contributed by atoms with E-state index in [1.165, 1.54) is 6.07 Å². The van der Waals surface area contributed by atoms with Crippen LogP contribution in [0.4, 0.5) is 19.0 Å². The van der Waals surface area contributed by atoms with Crippen LogP contribution in [0.5, 0.6) is 0 Å². The third kappa shape index (κ3) is 4.62. The molecule has 2 aromatic carbocycles. The van der Waals surface area contributed by atoms with Gasteiger partial charge >= 0.3 is 6.18 Å². The molecule has 1 aliphatic carbocycles. The lowest BCUT2D eigenvalue weighted by atomic mass is 10.1. The minimum absolute atomic E-state index is 0.232. The van der Waals surface area contributed by atoms with Gasteiger partial charge in [-0.3, -0.25) is 4.79 Å². The molecular weight excluding hydrogens is 519 g/mol. The second-order valence-electron chi connectivity index (χ2n) is 9.64. The first-order valence-electron chi connectivity index (χ1n) is 12.0. The molecule has 2 heterocycles. The van der Waals surface area contributed by atoms with Crippen LogP contribution in [0.3, 0.4) is 0 Å². The minimum atomic E-state index is -4.87. The van der Waals surface area contributed by atoms with E-state index in [2.05, 4.69) is 16.5 Å². The van der Waals surface area contributed by atoms with Crippen molar-refractivity contribution in [3.05, 3.63) is 71.9 Å². The van der Waals surface area contributed by atoms with Crippen LogP contribution in [-0.2, 0) is 20.8 Å². The Hall–Kier alpha value is -3.85. The smallest absolute Gasteiger partial charge is 0.343 e. The number of halogens is 3. The van der Waals surface area contributed by atoms with Crippen LogP contribution in [0.25, 0.3) is 5.69 Å². The maximum absolute atomic E-state index is 13.7. The number of nitrogens with one attached hydrogen (secondary N) is 1. The predicted octanol–water partition coefficient (Wildman–Crippen LogP) is 3.79. The number of nitrogens with zero attached hydrogens (tertiary/aromatic N) is 4. The molecule has 0 bridgehead atoms. The Morgan fingerprint density at radius 1 is 1.13 bits per heavy atom. The summed E-state index contributed by atoms with van der Waals surface area (Å²) in [7, 11) is -4.50. The number of nitriles is 1. The Morgan fingerprint density at radius 2 is 1.79 bits per heavy atom. The zero-order chi connectivity index (χ0) is 27.3. The summed E-state index contributed by atoms with van der Waals surface area (Å²) in [6.07, 6.45) is -4.17. The molecule has 0 unspecified atom stereocenters. The zero-order valence-corrected chi connectivity index (χ0v) is 21.1. The maximum Gasteiger partial charge on any atom is 0.417 e. The van der Waals surface area contributed by atoms with Crippen molar-refractivity contribution >= 4 is 21.6 Å². The number of rotatable bonds is 6. The number of hydrogen-bond acceptors (Lipinski definition) is 6. The highest BCUT2D eigenvalue weighted by Gasteiger charge is 2.50. The molecule has 1 amide bonds. The number of aromatic nitrogens is 2. The highest BCUT2D eigenvalue weighted by atomic mass is 32.2. The van der Waals surface area contributed by atoms with Crippen LogP contribution < -0.4 is 10.2 Å². The van der Waals surface area contributed by atoms with Crippen LogP contribution >= 0.6 is 0 Å². The SMILES string of the molecule is Cc1cc(N2C[C@H](S(=O)(=O)c3ccccc3C(F)(F)F)C[C@H]2C(=O)NC2(C#N)CC2)n(-c2ccccc2)n1. The Morgan fingerprint density at radius 3 is 2.42 bits per heavy atom. The summed E-state index contributed by atoms with van der Waals surface area (Å²) in [5, 5.41) is 15.4. The van der Waals surface area contributed by atoms with Crippen molar-refractivity contribution in [1.29, 1.82) is 5.26 Å². The molecule has 5 rings (SSSR count). The van der Waals surface area contributed by atoms with Crippen LogP contribution in [0.1, 0.15) is 30.5 Å². The van der Waals surface area contributed by atoms with Gasteiger partial charge in [-0.25, -0.2) is 13.1 Å². The number of carbonyl (C=O) groups is 1. The van der Waals surface area contributed by atoms with E-state index < -0.39 is 49.2 Å². The Bertz CT molecular complexity index is 1530. The van der Waals surface area contributed by atoms with Gasteiger partial charge in [-0.1, -0.05) is 30.3 Å². The third-order valence-corrected chi connectivity index (χ3v) is 9.13. The molecule has 8 nitrogen and oxygen atoms in total. The average molecular weight is 544 g/mol. The first kappa shape index (κ1) is 25.8.